The molecule has 1 aliphatic carbocycles. The highest BCUT2D eigenvalue weighted by molar-refractivity contribution is 7.81. The predicted molar refractivity (Wildman–Crippen MR) is 87.1 cm³/mol. The van der Waals surface area contributed by atoms with Crippen LogP contribution in [0.2, 0.25) is 0 Å². The number of nitrogens with one attached hydrogen (secondary N) is 1. The summed E-state index contributed by atoms with van der Waals surface area (Å²) < 4.78 is 0. The Bertz CT molecular complexity index is 412. The Kier molecular flexibility index (Phi) is 5.96. The lowest BCUT2D eigenvalue weighted by molar-refractivity contribution is -0.121. The molecule has 1 N–H and O–H groups in total. The second kappa shape index (κ2) is 7.72. The van der Waals surface area contributed by atoms with E-state index in [1.54, 1.807) is 0 Å². The molecule has 1 unspecified atom stereocenters. The number of benzene rings is 1. The van der Waals surface area contributed by atoms with Crippen molar-refractivity contribution < 1.29 is 4.79 Å². The summed E-state index contributed by atoms with van der Waals surface area (Å²) in [6, 6.07) is 10.4. The molecule has 3 heteroatoms. The van der Waals surface area contributed by atoms with Crippen molar-refractivity contribution in [3.8, 4) is 0 Å². The van der Waals surface area contributed by atoms with Crippen molar-refractivity contribution in [1.82, 2.24) is 5.32 Å². The topological polar surface area (TPSA) is 29.1 Å². The Hall–Kier alpha value is -0.960. The number of thiol groups is 1. The summed E-state index contributed by atoms with van der Waals surface area (Å²) in [7, 11) is 0. The summed E-state index contributed by atoms with van der Waals surface area (Å²) in [5.74, 6) is 0.941. The molecule has 1 aliphatic rings. The maximum absolute atomic E-state index is 12.2. The molecule has 2 nitrogen and oxygen atoms in total. The predicted octanol–water partition coefficient (Wildman–Crippen LogP) is 3.61. The molecule has 1 aromatic carbocycles. The van der Waals surface area contributed by atoms with E-state index in [2.05, 4.69) is 24.9 Å². The van der Waals surface area contributed by atoms with Gasteiger partial charge in [0.05, 0.1) is 5.25 Å². The number of rotatable bonds is 5. The molecule has 20 heavy (non-hydrogen) atoms. The third kappa shape index (κ3) is 4.55. The monoisotopic (exact) mass is 291 g/mol. The number of amides is 1. The van der Waals surface area contributed by atoms with Crippen LogP contribution < -0.4 is 5.32 Å². The Morgan fingerprint density at radius 3 is 2.50 bits per heavy atom. The van der Waals surface area contributed by atoms with Gasteiger partial charge in [-0.25, -0.2) is 0 Å². The van der Waals surface area contributed by atoms with Gasteiger partial charge >= 0.3 is 0 Å². The van der Waals surface area contributed by atoms with Crippen LogP contribution in [0.4, 0.5) is 0 Å². The summed E-state index contributed by atoms with van der Waals surface area (Å²) in [6.07, 6.45) is 6.70. The molecule has 0 spiro atoms. The quantitative estimate of drug-likeness (QED) is 0.797. The third-order valence-corrected chi connectivity index (χ3v) is 4.76. The minimum Gasteiger partial charge on any atom is -0.352 e. The molecule has 0 heterocycles. The first-order valence-electron chi connectivity index (χ1n) is 7.71. The van der Waals surface area contributed by atoms with E-state index in [1.165, 1.54) is 19.3 Å². The van der Waals surface area contributed by atoms with E-state index in [9.17, 15) is 4.79 Å². The van der Waals surface area contributed by atoms with Gasteiger partial charge in [-0.15, -0.1) is 0 Å². The standard InChI is InChI=1S/C17H25NOS/c1-2-13-8-10-15(11-9-13)18-17(19)16(20)12-14-6-4-3-5-7-14/h3-7,13,15-16,20H,2,8-12H2,1H3,(H,18,19). The van der Waals surface area contributed by atoms with E-state index in [0.717, 1.165) is 24.3 Å². The van der Waals surface area contributed by atoms with E-state index in [-0.39, 0.29) is 11.2 Å². The third-order valence-electron chi connectivity index (χ3n) is 4.35. The van der Waals surface area contributed by atoms with E-state index >= 15 is 0 Å². The van der Waals surface area contributed by atoms with Crippen LogP contribution in [0, 0.1) is 5.92 Å². The average Bonchev–Trinajstić information content (AvgIpc) is 2.49. The van der Waals surface area contributed by atoms with Crippen LogP contribution in [0.25, 0.3) is 0 Å². The van der Waals surface area contributed by atoms with Gasteiger partial charge < -0.3 is 5.32 Å². The summed E-state index contributed by atoms with van der Waals surface area (Å²) >= 11 is 4.46. The number of carbonyl (C=O) groups excluding carboxylic acids is 1. The zero-order valence-corrected chi connectivity index (χ0v) is 13.1. The fourth-order valence-corrected chi connectivity index (χ4v) is 3.23. The number of carbonyl (C=O) groups is 1. The minimum atomic E-state index is -0.249. The number of hydrogen-bond acceptors (Lipinski definition) is 2. The molecule has 1 saturated carbocycles. The van der Waals surface area contributed by atoms with E-state index in [0.29, 0.717) is 12.5 Å². The van der Waals surface area contributed by atoms with Gasteiger partial charge in [0.25, 0.3) is 0 Å². The van der Waals surface area contributed by atoms with Crippen LogP contribution in [0.1, 0.15) is 44.6 Å². The Morgan fingerprint density at radius 2 is 1.90 bits per heavy atom. The summed E-state index contributed by atoms with van der Waals surface area (Å²) in [5, 5.41) is 2.92. The molecule has 1 aromatic rings. The zero-order chi connectivity index (χ0) is 14.4. The van der Waals surface area contributed by atoms with Gasteiger partial charge in [0.1, 0.15) is 0 Å². The first kappa shape index (κ1) is 15.4. The highest BCUT2D eigenvalue weighted by Gasteiger charge is 2.23. The van der Waals surface area contributed by atoms with Gasteiger partial charge in [0.2, 0.25) is 5.91 Å². The Balaban J connectivity index is 1.77. The highest BCUT2D eigenvalue weighted by Crippen LogP contribution is 2.26. The van der Waals surface area contributed by atoms with Gasteiger partial charge in [-0.3, -0.25) is 4.79 Å². The molecule has 0 bridgehead atoms. The molecule has 0 aromatic heterocycles. The first-order chi connectivity index (χ1) is 9.69. The summed E-state index contributed by atoms with van der Waals surface area (Å²) in [6.45, 7) is 2.26. The van der Waals surface area contributed by atoms with Gasteiger partial charge in [0, 0.05) is 6.04 Å². The van der Waals surface area contributed by atoms with Crippen LogP contribution in [0.15, 0.2) is 30.3 Å². The first-order valence-corrected chi connectivity index (χ1v) is 8.23. The minimum absolute atomic E-state index is 0.0807. The fraction of sp³-hybridized carbons (Fsp3) is 0.588. The molecule has 0 saturated heterocycles. The molecule has 110 valence electrons. The molecule has 1 amide bonds. The van der Waals surface area contributed by atoms with E-state index in [1.807, 2.05) is 30.3 Å². The normalized spacial score (nSPS) is 24.1. The maximum Gasteiger partial charge on any atom is 0.233 e. The molecule has 2 rings (SSSR count). The molecular formula is C17H25NOS. The van der Waals surface area contributed by atoms with Crippen LogP contribution in [0.5, 0.6) is 0 Å². The lowest BCUT2D eigenvalue weighted by Gasteiger charge is -2.29. The van der Waals surface area contributed by atoms with Crippen molar-refractivity contribution in [2.75, 3.05) is 0 Å². The molecular weight excluding hydrogens is 266 g/mol. The smallest absolute Gasteiger partial charge is 0.233 e. The lowest BCUT2D eigenvalue weighted by atomic mass is 9.84. The maximum atomic E-state index is 12.2. The van der Waals surface area contributed by atoms with Crippen molar-refractivity contribution in [3.05, 3.63) is 35.9 Å². The van der Waals surface area contributed by atoms with E-state index in [4.69, 9.17) is 0 Å². The van der Waals surface area contributed by atoms with Crippen LogP contribution in [-0.2, 0) is 11.2 Å². The Labute approximate surface area is 127 Å². The van der Waals surface area contributed by atoms with Crippen LogP contribution >= 0.6 is 12.6 Å². The van der Waals surface area contributed by atoms with Gasteiger partial charge in [0.15, 0.2) is 0 Å². The average molecular weight is 291 g/mol. The lowest BCUT2D eigenvalue weighted by Crippen LogP contribution is -2.42. The van der Waals surface area contributed by atoms with Crippen molar-refractivity contribution in [2.24, 2.45) is 5.92 Å². The second-order valence-corrected chi connectivity index (χ2v) is 6.46. The van der Waals surface area contributed by atoms with Gasteiger partial charge in [-0.1, -0.05) is 43.7 Å². The van der Waals surface area contributed by atoms with Gasteiger partial charge in [-0.2, -0.15) is 12.6 Å². The van der Waals surface area contributed by atoms with Crippen molar-refractivity contribution >= 4 is 18.5 Å². The molecule has 0 radical (unpaired) electrons. The Morgan fingerprint density at radius 1 is 1.25 bits per heavy atom. The van der Waals surface area contributed by atoms with Crippen molar-refractivity contribution in [2.45, 2.75) is 56.7 Å². The van der Waals surface area contributed by atoms with Gasteiger partial charge in [-0.05, 0) is 43.6 Å². The summed E-state index contributed by atoms with van der Waals surface area (Å²) in [5.41, 5.74) is 1.16. The van der Waals surface area contributed by atoms with E-state index < -0.39 is 0 Å². The highest BCUT2D eigenvalue weighted by atomic mass is 32.1. The molecule has 1 atom stereocenters. The van der Waals surface area contributed by atoms with Crippen molar-refractivity contribution in [1.29, 1.82) is 0 Å². The largest absolute Gasteiger partial charge is 0.352 e. The van der Waals surface area contributed by atoms with Crippen LogP contribution in [0.3, 0.4) is 0 Å². The van der Waals surface area contributed by atoms with Crippen LogP contribution in [-0.4, -0.2) is 17.2 Å². The SMILES string of the molecule is CCC1CCC(NC(=O)C(S)Cc2ccccc2)CC1. The molecule has 1 fully saturated rings. The summed E-state index contributed by atoms with van der Waals surface area (Å²) in [4.78, 5) is 12.2. The zero-order valence-electron chi connectivity index (χ0n) is 12.2. The van der Waals surface area contributed by atoms with Crippen molar-refractivity contribution in [3.63, 3.8) is 0 Å². The fourth-order valence-electron chi connectivity index (χ4n) is 2.94. The second-order valence-electron chi connectivity index (χ2n) is 5.84. The molecule has 0 aliphatic heterocycles. The number of hydrogen-bond donors (Lipinski definition) is 2.